The van der Waals surface area contributed by atoms with Gasteiger partial charge in [0, 0.05) is 50.4 Å². The number of anilines is 3. The molecule has 1 unspecified atom stereocenters. The van der Waals surface area contributed by atoms with Gasteiger partial charge in [0.2, 0.25) is 0 Å². The molecule has 0 saturated carbocycles. The molecule has 3 aromatic rings. The van der Waals surface area contributed by atoms with E-state index in [0.717, 1.165) is 30.8 Å². The van der Waals surface area contributed by atoms with Crippen LogP contribution in [0, 0.1) is 0 Å². The van der Waals surface area contributed by atoms with E-state index in [-0.39, 0.29) is 17.6 Å². The van der Waals surface area contributed by atoms with Gasteiger partial charge in [0.1, 0.15) is 0 Å². The van der Waals surface area contributed by atoms with Gasteiger partial charge in [0.25, 0.3) is 5.56 Å². The number of aryl methyl sites for hydroxylation is 1. The third-order valence-electron chi connectivity index (χ3n) is 5.37. The van der Waals surface area contributed by atoms with Crippen LogP contribution in [0.1, 0.15) is 6.42 Å². The van der Waals surface area contributed by atoms with Crippen LogP contribution in [-0.4, -0.2) is 44.7 Å². The normalized spacial score (nSPS) is 17.2. The Balaban J connectivity index is 1.55. The van der Waals surface area contributed by atoms with Gasteiger partial charge in [-0.3, -0.25) is 20.0 Å². The second-order valence-electron chi connectivity index (χ2n) is 7.18. The van der Waals surface area contributed by atoms with Crippen molar-refractivity contribution in [2.45, 2.75) is 12.5 Å². The summed E-state index contributed by atoms with van der Waals surface area (Å²) in [6, 6.07) is 7.01. The van der Waals surface area contributed by atoms with Crippen molar-refractivity contribution < 1.29 is 4.79 Å². The molecule has 2 aliphatic rings. The molecule has 9 heteroatoms. The van der Waals surface area contributed by atoms with Gasteiger partial charge in [0.05, 0.1) is 23.6 Å². The Bertz CT molecular complexity index is 1150. The van der Waals surface area contributed by atoms with E-state index < -0.39 is 0 Å². The average molecular weight is 389 g/mol. The molecule has 29 heavy (non-hydrogen) atoms. The Kier molecular flexibility index (Phi) is 4.01. The Morgan fingerprint density at radius 2 is 2.14 bits per heavy atom. The van der Waals surface area contributed by atoms with Gasteiger partial charge in [0.15, 0.2) is 11.6 Å². The van der Waals surface area contributed by atoms with Crippen LogP contribution in [0.4, 0.5) is 22.1 Å². The van der Waals surface area contributed by atoms with Crippen LogP contribution >= 0.6 is 0 Å². The molecule has 5 heterocycles. The number of fused-ring (bicyclic) bond motifs is 4. The molecule has 3 aromatic heterocycles. The quantitative estimate of drug-likeness (QED) is 0.719. The zero-order valence-corrected chi connectivity index (χ0v) is 15.8. The van der Waals surface area contributed by atoms with Crippen LogP contribution in [-0.2, 0) is 7.05 Å². The van der Waals surface area contributed by atoms with E-state index in [0.29, 0.717) is 17.3 Å². The van der Waals surface area contributed by atoms with Crippen LogP contribution in [0.15, 0.2) is 53.8 Å². The van der Waals surface area contributed by atoms with Crippen molar-refractivity contribution in [2.24, 2.45) is 7.05 Å². The van der Waals surface area contributed by atoms with Crippen molar-refractivity contribution in [3.05, 3.63) is 59.4 Å². The predicted molar refractivity (Wildman–Crippen MR) is 109 cm³/mol. The van der Waals surface area contributed by atoms with Crippen molar-refractivity contribution in [3.63, 3.8) is 0 Å². The largest absolute Gasteiger partial charge is 0.366 e. The molecule has 5 rings (SSSR count). The van der Waals surface area contributed by atoms with E-state index in [1.165, 1.54) is 17.0 Å². The van der Waals surface area contributed by atoms with Crippen LogP contribution in [0.2, 0.25) is 0 Å². The van der Waals surface area contributed by atoms with Crippen molar-refractivity contribution in [1.82, 2.24) is 19.5 Å². The summed E-state index contributed by atoms with van der Waals surface area (Å²) in [5.74, 6) is 0.987. The molecule has 1 atom stereocenters. The molecule has 9 nitrogen and oxygen atoms in total. The lowest BCUT2D eigenvalue weighted by Gasteiger charge is -2.35. The summed E-state index contributed by atoms with van der Waals surface area (Å²) < 4.78 is 1.51. The molecule has 0 aliphatic carbocycles. The molecule has 0 spiro atoms. The van der Waals surface area contributed by atoms with Gasteiger partial charge in [-0.2, -0.15) is 0 Å². The SMILES string of the molecule is Cn1ccc(-c2ccc3c(n2)N(C(=O)Nc2cnccn2)C2CCN3C2)cc1=O. The van der Waals surface area contributed by atoms with Crippen molar-refractivity contribution in [1.29, 1.82) is 0 Å². The van der Waals surface area contributed by atoms with E-state index in [4.69, 9.17) is 4.98 Å². The number of carbonyl (C=O) groups is 1. The van der Waals surface area contributed by atoms with E-state index in [2.05, 4.69) is 20.2 Å². The fourth-order valence-corrected chi connectivity index (χ4v) is 3.87. The maximum Gasteiger partial charge on any atom is 0.329 e. The van der Waals surface area contributed by atoms with Crippen LogP contribution in [0.5, 0.6) is 0 Å². The highest BCUT2D eigenvalue weighted by Crippen LogP contribution is 2.40. The first-order valence-electron chi connectivity index (χ1n) is 9.39. The molecule has 2 bridgehead atoms. The Morgan fingerprint density at radius 3 is 2.93 bits per heavy atom. The number of aromatic nitrogens is 4. The summed E-state index contributed by atoms with van der Waals surface area (Å²) in [5, 5.41) is 2.81. The van der Waals surface area contributed by atoms with Gasteiger partial charge in [-0.15, -0.1) is 0 Å². The number of amides is 2. The number of nitrogens with zero attached hydrogens (tertiary/aromatic N) is 6. The maximum absolute atomic E-state index is 13.1. The third kappa shape index (κ3) is 3.00. The molecular weight excluding hydrogens is 370 g/mol. The van der Waals surface area contributed by atoms with E-state index >= 15 is 0 Å². The minimum Gasteiger partial charge on any atom is -0.366 e. The van der Waals surface area contributed by atoms with Gasteiger partial charge in [-0.05, 0) is 24.6 Å². The van der Waals surface area contributed by atoms with Gasteiger partial charge >= 0.3 is 6.03 Å². The Morgan fingerprint density at radius 1 is 1.24 bits per heavy atom. The van der Waals surface area contributed by atoms with Crippen LogP contribution in [0.25, 0.3) is 11.3 Å². The summed E-state index contributed by atoms with van der Waals surface area (Å²) in [4.78, 5) is 42.0. The zero-order chi connectivity index (χ0) is 20.0. The third-order valence-corrected chi connectivity index (χ3v) is 5.37. The molecule has 1 saturated heterocycles. The van der Waals surface area contributed by atoms with E-state index in [1.807, 2.05) is 18.2 Å². The zero-order valence-electron chi connectivity index (χ0n) is 15.8. The molecule has 0 aromatic carbocycles. The standard InChI is InChI=1S/C20H19N7O2/c1-25-8-4-13(10-18(25)28)15-2-3-16-19(23-15)27(14-5-9-26(16)12-14)20(29)24-17-11-21-6-7-22-17/h2-4,6-8,10-11,14H,5,9,12H2,1H3,(H,22,24,29). The van der Waals surface area contributed by atoms with Gasteiger partial charge in [-0.1, -0.05) is 0 Å². The number of nitrogens with one attached hydrogen (secondary N) is 1. The summed E-state index contributed by atoms with van der Waals surface area (Å²) in [7, 11) is 1.70. The van der Waals surface area contributed by atoms with E-state index in [1.54, 1.807) is 30.4 Å². The van der Waals surface area contributed by atoms with Crippen molar-refractivity contribution in [3.8, 4) is 11.3 Å². The first kappa shape index (κ1) is 17.4. The summed E-state index contributed by atoms with van der Waals surface area (Å²) in [5.41, 5.74) is 2.18. The van der Waals surface area contributed by atoms with Crippen LogP contribution < -0.4 is 20.7 Å². The summed E-state index contributed by atoms with van der Waals surface area (Å²) in [6.07, 6.45) is 7.17. The topological polar surface area (TPSA) is 96.2 Å². The highest BCUT2D eigenvalue weighted by Gasteiger charge is 2.40. The number of carbonyl (C=O) groups excluding carboxylic acids is 1. The van der Waals surface area contributed by atoms with Gasteiger partial charge < -0.3 is 9.47 Å². The maximum atomic E-state index is 13.1. The molecule has 2 amide bonds. The lowest BCUT2D eigenvalue weighted by Crippen LogP contribution is -2.48. The van der Waals surface area contributed by atoms with E-state index in [9.17, 15) is 9.59 Å². The smallest absolute Gasteiger partial charge is 0.329 e. The number of urea groups is 1. The molecule has 2 aliphatic heterocycles. The number of pyridine rings is 2. The fraction of sp³-hybridized carbons (Fsp3) is 0.250. The second-order valence-corrected chi connectivity index (χ2v) is 7.18. The molecule has 0 radical (unpaired) electrons. The first-order valence-corrected chi connectivity index (χ1v) is 9.39. The minimum atomic E-state index is -0.285. The minimum absolute atomic E-state index is 0.0329. The average Bonchev–Trinajstić information content (AvgIpc) is 3.15. The summed E-state index contributed by atoms with van der Waals surface area (Å²) in [6.45, 7) is 1.65. The molecule has 146 valence electrons. The Hall–Kier alpha value is -3.75. The number of hydrogen-bond donors (Lipinski definition) is 1. The van der Waals surface area contributed by atoms with Crippen molar-refractivity contribution >= 4 is 23.4 Å². The second kappa shape index (κ2) is 6.69. The molecule has 1 N–H and O–H groups in total. The predicted octanol–water partition coefficient (Wildman–Crippen LogP) is 1.87. The monoisotopic (exact) mass is 389 g/mol. The van der Waals surface area contributed by atoms with Crippen LogP contribution in [0.3, 0.4) is 0 Å². The Labute approximate surface area is 166 Å². The highest BCUT2D eigenvalue weighted by atomic mass is 16.2. The first-order chi connectivity index (χ1) is 14.1. The molecule has 1 fully saturated rings. The van der Waals surface area contributed by atoms with Gasteiger partial charge in [-0.25, -0.2) is 14.8 Å². The number of rotatable bonds is 2. The lowest BCUT2D eigenvalue weighted by atomic mass is 10.1. The lowest BCUT2D eigenvalue weighted by molar-refractivity contribution is 0.254. The number of hydrogen-bond acceptors (Lipinski definition) is 6. The summed E-state index contributed by atoms with van der Waals surface area (Å²) >= 11 is 0. The fourth-order valence-electron chi connectivity index (χ4n) is 3.87. The van der Waals surface area contributed by atoms with Crippen molar-refractivity contribution in [2.75, 3.05) is 28.2 Å². The molecular formula is C20H19N7O2. The highest BCUT2D eigenvalue weighted by molar-refractivity contribution is 6.04.